The van der Waals surface area contributed by atoms with E-state index in [1.54, 1.807) is 11.8 Å². The number of nitrogens with zero attached hydrogens (tertiary/aromatic N) is 2. The number of aliphatic hydroxyl groups is 1. The van der Waals surface area contributed by atoms with Crippen molar-refractivity contribution in [3.05, 3.63) is 29.8 Å². The number of piperazine rings is 1. The summed E-state index contributed by atoms with van der Waals surface area (Å²) >= 11 is 0. The maximum absolute atomic E-state index is 12.3. The van der Waals surface area contributed by atoms with Gasteiger partial charge in [0.2, 0.25) is 5.91 Å². The van der Waals surface area contributed by atoms with Crippen LogP contribution in [0.15, 0.2) is 24.3 Å². The van der Waals surface area contributed by atoms with E-state index in [0.29, 0.717) is 0 Å². The Balaban J connectivity index is 2.28. The lowest BCUT2D eigenvalue weighted by Gasteiger charge is -2.46. The van der Waals surface area contributed by atoms with Gasteiger partial charge in [0.1, 0.15) is 5.54 Å². The summed E-state index contributed by atoms with van der Waals surface area (Å²) in [5.74, 6) is 0.137. The molecule has 1 atom stereocenters. The summed E-state index contributed by atoms with van der Waals surface area (Å²) in [7, 11) is 1.85. The molecule has 1 amide bonds. The van der Waals surface area contributed by atoms with Gasteiger partial charge in [-0.25, -0.2) is 0 Å². The molecule has 1 aromatic rings. The smallest absolute Gasteiger partial charge is 0.247 e. The van der Waals surface area contributed by atoms with E-state index in [2.05, 4.69) is 4.90 Å². The molecule has 0 aromatic heterocycles. The number of benzene rings is 1. The van der Waals surface area contributed by atoms with Gasteiger partial charge in [-0.3, -0.25) is 4.79 Å². The highest BCUT2D eigenvalue weighted by Gasteiger charge is 2.40. The van der Waals surface area contributed by atoms with Crippen LogP contribution in [0, 0.1) is 0 Å². The molecule has 1 heterocycles. The molecule has 1 fully saturated rings. The standard InChI is InChI=1S/C15H22N2O2/c1-11(18)12-5-7-13(8-6-12)17-10-9-16(4)14(19)15(17,2)3/h5-8,11,18H,9-10H2,1-4H3/t11-/m1/s1. The average Bonchev–Trinajstić information content (AvgIpc) is 2.36. The number of carbonyl (C=O) groups excluding carboxylic acids is 1. The Kier molecular flexibility index (Phi) is 3.54. The minimum atomic E-state index is -0.528. The Bertz CT molecular complexity index is 466. The van der Waals surface area contributed by atoms with Gasteiger partial charge < -0.3 is 14.9 Å². The highest BCUT2D eigenvalue weighted by atomic mass is 16.3. The van der Waals surface area contributed by atoms with E-state index >= 15 is 0 Å². The van der Waals surface area contributed by atoms with Crippen LogP contribution in [0.2, 0.25) is 0 Å². The molecule has 104 valence electrons. The molecule has 1 N–H and O–H groups in total. The summed E-state index contributed by atoms with van der Waals surface area (Å²) in [6.07, 6.45) is -0.462. The van der Waals surface area contributed by atoms with Crippen LogP contribution in [-0.2, 0) is 4.79 Å². The lowest BCUT2D eigenvalue weighted by molar-refractivity contribution is -0.136. The van der Waals surface area contributed by atoms with Crippen molar-refractivity contribution in [1.82, 2.24) is 4.90 Å². The van der Waals surface area contributed by atoms with Crippen molar-refractivity contribution in [3.63, 3.8) is 0 Å². The van der Waals surface area contributed by atoms with Gasteiger partial charge in [-0.2, -0.15) is 0 Å². The number of hydrogen-bond acceptors (Lipinski definition) is 3. The molecule has 0 bridgehead atoms. The molecule has 1 saturated heterocycles. The van der Waals surface area contributed by atoms with Gasteiger partial charge in [-0.05, 0) is 38.5 Å². The van der Waals surface area contributed by atoms with Crippen molar-refractivity contribution >= 4 is 11.6 Å². The number of hydrogen-bond donors (Lipinski definition) is 1. The van der Waals surface area contributed by atoms with Gasteiger partial charge in [0, 0.05) is 25.8 Å². The topological polar surface area (TPSA) is 43.8 Å². The van der Waals surface area contributed by atoms with Crippen molar-refractivity contribution in [3.8, 4) is 0 Å². The van der Waals surface area contributed by atoms with Gasteiger partial charge in [0.05, 0.1) is 6.10 Å². The van der Waals surface area contributed by atoms with E-state index in [9.17, 15) is 9.90 Å². The summed E-state index contributed by atoms with van der Waals surface area (Å²) in [6, 6.07) is 7.78. The van der Waals surface area contributed by atoms with Crippen molar-refractivity contribution in [2.24, 2.45) is 0 Å². The summed E-state index contributed by atoms with van der Waals surface area (Å²) in [4.78, 5) is 16.2. The first kappa shape index (κ1) is 13.9. The largest absolute Gasteiger partial charge is 0.389 e. The van der Waals surface area contributed by atoms with Crippen LogP contribution in [-0.4, -0.2) is 41.6 Å². The summed E-state index contributed by atoms with van der Waals surface area (Å²) in [5.41, 5.74) is 1.39. The molecule has 0 aliphatic carbocycles. The Morgan fingerprint density at radius 1 is 1.21 bits per heavy atom. The predicted molar refractivity (Wildman–Crippen MR) is 76.1 cm³/mol. The molecule has 0 radical (unpaired) electrons. The minimum Gasteiger partial charge on any atom is -0.389 e. The predicted octanol–water partition coefficient (Wildman–Crippen LogP) is 1.80. The van der Waals surface area contributed by atoms with Crippen molar-refractivity contribution in [2.45, 2.75) is 32.4 Å². The summed E-state index contributed by atoms with van der Waals surface area (Å²) in [6.45, 7) is 7.21. The summed E-state index contributed by atoms with van der Waals surface area (Å²) < 4.78 is 0. The third-order valence-electron chi connectivity index (χ3n) is 3.89. The molecule has 4 heteroatoms. The van der Waals surface area contributed by atoms with Gasteiger partial charge in [0.15, 0.2) is 0 Å². The molecule has 19 heavy (non-hydrogen) atoms. The third-order valence-corrected chi connectivity index (χ3v) is 3.89. The fourth-order valence-electron chi connectivity index (χ4n) is 2.60. The maximum Gasteiger partial charge on any atom is 0.247 e. The van der Waals surface area contributed by atoms with Crippen molar-refractivity contribution < 1.29 is 9.90 Å². The molecular formula is C15H22N2O2. The van der Waals surface area contributed by atoms with E-state index in [-0.39, 0.29) is 5.91 Å². The Labute approximate surface area is 114 Å². The molecule has 1 aliphatic rings. The van der Waals surface area contributed by atoms with Gasteiger partial charge in [-0.15, -0.1) is 0 Å². The quantitative estimate of drug-likeness (QED) is 0.884. The number of aliphatic hydroxyl groups excluding tert-OH is 1. The Morgan fingerprint density at radius 2 is 1.79 bits per heavy atom. The number of likely N-dealkylation sites (N-methyl/N-ethyl adjacent to an activating group) is 1. The monoisotopic (exact) mass is 262 g/mol. The second-order valence-electron chi connectivity index (χ2n) is 5.70. The number of amides is 1. The maximum atomic E-state index is 12.3. The molecule has 4 nitrogen and oxygen atoms in total. The van der Waals surface area contributed by atoms with Crippen molar-refractivity contribution in [2.75, 3.05) is 25.0 Å². The molecule has 0 unspecified atom stereocenters. The van der Waals surface area contributed by atoms with Crippen molar-refractivity contribution in [1.29, 1.82) is 0 Å². The van der Waals surface area contributed by atoms with Crippen LogP contribution >= 0.6 is 0 Å². The molecule has 1 aliphatic heterocycles. The molecular weight excluding hydrogens is 240 g/mol. The zero-order valence-electron chi connectivity index (χ0n) is 12.1. The first-order valence-corrected chi connectivity index (χ1v) is 6.65. The second-order valence-corrected chi connectivity index (χ2v) is 5.70. The van der Waals surface area contributed by atoms with E-state index in [1.165, 1.54) is 0 Å². The van der Waals surface area contributed by atoms with E-state index < -0.39 is 11.6 Å². The minimum absolute atomic E-state index is 0.137. The average molecular weight is 262 g/mol. The number of rotatable bonds is 2. The van der Waals surface area contributed by atoms with Gasteiger partial charge >= 0.3 is 0 Å². The molecule has 2 rings (SSSR count). The second kappa shape index (κ2) is 4.85. The number of anilines is 1. The lowest BCUT2D eigenvalue weighted by atomic mass is 9.96. The number of carbonyl (C=O) groups is 1. The highest BCUT2D eigenvalue weighted by molar-refractivity contribution is 5.90. The summed E-state index contributed by atoms with van der Waals surface area (Å²) in [5, 5.41) is 9.53. The zero-order chi connectivity index (χ0) is 14.2. The molecule has 0 saturated carbocycles. The Hall–Kier alpha value is -1.55. The van der Waals surface area contributed by atoms with E-state index in [1.807, 2.05) is 45.2 Å². The first-order valence-electron chi connectivity index (χ1n) is 6.65. The van der Waals surface area contributed by atoms with Crippen LogP contribution in [0.5, 0.6) is 0 Å². The highest BCUT2D eigenvalue weighted by Crippen LogP contribution is 2.29. The fourth-order valence-corrected chi connectivity index (χ4v) is 2.60. The van der Waals surface area contributed by atoms with Crippen LogP contribution in [0.4, 0.5) is 5.69 Å². The van der Waals surface area contributed by atoms with Crippen LogP contribution in [0.25, 0.3) is 0 Å². The van der Waals surface area contributed by atoms with Crippen LogP contribution < -0.4 is 4.90 Å². The van der Waals surface area contributed by atoms with Gasteiger partial charge in [0.25, 0.3) is 0 Å². The third kappa shape index (κ3) is 2.45. The zero-order valence-corrected chi connectivity index (χ0v) is 12.1. The van der Waals surface area contributed by atoms with E-state index in [4.69, 9.17) is 0 Å². The molecule has 0 spiro atoms. The normalized spacial score (nSPS) is 20.6. The van der Waals surface area contributed by atoms with Crippen LogP contribution in [0.3, 0.4) is 0 Å². The molecule has 1 aromatic carbocycles. The Morgan fingerprint density at radius 3 is 2.32 bits per heavy atom. The van der Waals surface area contributed by atoms with Gasteiger partial charge in [-0.1, -0.05) is 12.1 Å². The SMILES string of the molecule is C[C@@H](O)c1ccc(N2CCN(C)C(=O)C2(C)C)cc1. The first-order chi connectivity index (χ1) is 8.84. The lowest BCUT2D eigenvalue weighted by Crippen LogP contribution is -2.62. The fraction of sp³-hybridized carbons (Fsp3) is 0.533. The van der Waals surface area contributed by atoms with Crippen LogP contribution in [0.1, 0.15) is 32.4 Å². The van der Waals surface area contributed by atoms with E-state index in [0.717, 1.165) is 24.3 Å².